The highest BCUT2D eigenvalue weighted by atomic mass is 15.1. The van der Waals surface area contributed by atoms with Gasteiger partial charge in [-0.1, -0.05) is 155 Å². The first-order valence-electron chi connectivity index (χ1n) is 24.4. The number of aromatic nitrogens is 5. The zero-order chi connectivity index (χ0) is 48.6. The Balaban J connectivity index is 1.04. The van der Waals surface area contributed by atoms with Crippen molar-refractivity contribution < 1.29 is 0 Å². The molecule has 2 aliphatic carbocycles. The number of rotatable bonds is 5. The molecular formula is C65H43N7. The lowest BCUT2D eigenvalue weighted by molar-refractivity contribution is 0.666. The Morgan fingerprint density at radius 1 is 0.375 bits per heavy atom. The topological polar surface area (TPSA) is 96.1 Å². The van der Waals surface area contributed by atoms with Gasteiger partial charge in [0.15, 0.2) is 17.5 Å². The lowest BCUT2D eigenvalue weighted by atomic mass is 9.80. The minimum absolute atomic E-state index is 0.255. The third-order valence-electron chi connectivity index (χ3n) is 15.6. The second-order valence-corrected chi connectivity index (χ2v) is 20.2. The summed E-state index contributed by atoms with van der Waals surface area (Å²) in [7, 11) is 0. The highest BCUT2D eigenvalue weighted by molar-refractivity contribution is 6.16. The Kier molecular flexibility index (Phi) is 8.67. The van der Waals surface area contributed by atoms with Crippen molar-refractivity contribution in [2.24, 2.45) is 0 Å². The van der Waals surface area contributed by atoms with Crippen LogP contribution in [0.5, 0.6) is 0 Å². The van der Waals surface area contributed by atoms with Crippen LogP contribution in [-0.4, -0.2) is 24.1 Å². The fourth-order valence-electron chi connectivity index (χ4n) is 12.5. The van der Waals surface area contributed by atoms with E-state index < -0.39 is 0 Å². The van der Waals surface area contributed by atoms with Crippen LogP contribution >= 0.6 is 0 Å². The van der Waals surface area contributed by atoms with Gasteiger partial charge in [-0.3, -0.25) is 0 Å². The molecule has 0 spiro atoms. The first-order chi connectivity index (χ1) is 35.1. The lowest BCUT2D eigenvalue weighted by Gasteiger charge is -2.22. The molecule has 3 heterocycles. The standard InChI is InChI=1S/C65H43N7/c1-64(2)49-22-12-8-18-41(49)43-28-32-55-57(59(43)64)45-20-10-14-24-51(45)71(55)53-30-26-38(36-66)34-47(53)62-68-61(40-16-6-5-7-17-40)69-63(70-62)48-35-39(37-67)27-31-54(48)72-52-25-15-11-21-46(52)58-56(72)33-29-44-42-19-9-13-23-50(42)65(3,4)60(44)58/h5-35H,1-4H3. The highest BCUT2D eigenvalue weighted by Gasteiger charge is 2.40. The van der Waals surface area contributed by atoms with Gasteiger partial charge >= 0.3 is 0 Å². The molecule has 0 radical (unpaired) electrons. The van der Waals surface area contributed by atoms with Gasteiger partial charge < -0.3 is 9.13 Å². The molecule has 0 bridgehead atoms. The van der Waals surface area contributed by atoms with E-state index in [0.717, 1.165) is 49.8 Å². The third-order valence-corrected chi connectivity index (χ3v) is 15.6. The van der Waals surface area contributed by atoms with Crippen LogP contribution in [0.2, 0.25) is 0 Å². The van der Waals surface area contributed by atoms with Crippen molar-refractivity contribution in [3.05, 3.63) is 221 Å². The van der Waals surface area contributed by atoms with Gasteiger partial charge in [-0.2, -0.15) is 10.5 Å². The van der Waals surface area contributed by atoms with E-state index in [1.165, 1.54) is 55.3 Å². The van der Waals surface area contributed by atoms with E-state index >= 15 is 0 Å². The van der Waals surface area contributed by atoms with Gasteiger partial charge in [0, 0.05) is 49.1 Å². The van der Waals surface area contributed by atoms with E-state index in [2.05, 4.69) is 170 Å². The van der Waals surface area contributed by atoms with E-state index in [1.807, 2.05) is 66.7 Å². The van der Waals surface area contributed by atoms with Gasteiger partial charge in [-0.25, -0.2) is 15.0 Å². The predicted octanol–water partition coefficient (Wildman–Crippen LogP) is 15.4. The van der Waals surface area contributed by atoms with Crippen molar-refractivity contribution in [2.75, 3.05) is 0 Å². The monoisotopic (exact) mass is 921 g/mol. The summed E-state index contributed by atoms with van der Waals surface area (Å²) >= 11 is 0. The molecule has 0 atom stereocenters. The number of fused-ring (bicyclic) bond motifs is 14. The molecule has 0 saturated heterocycles. The summed E-state index contributed by atoms with van der Waals surface area (Å²) in [5.74, 6) is 1.27. The van der Waals surface area contributed by atoms with Crippen LogP contribution in [0.1, 0.15) is 61.1 Å². The van der Waals surface area contributed by atoms with Crippen LogP contribution in [0.4, 0.5) is 0 Å². The molecular weight excluding hydrogens is 879 g/mol. The summed E-state index contributed by atoms with van der Waals surface area (Å²) in [5, 5.41) is 25.8. The van der Waals surface area contributed by atoms with Crippen molar-refractivity contribution in [1.29, 1.82) is 10.5 Å². The van der Waals surface area contributed by atoms with Crippen LogP contribution in [0.15, 0.2) is 188 Å². The van der Waals surface area contributed by atoms with Crippen LogP contribution in [0, 0.1) is 22.7 Å². The summed E-state index contributed by atoms with van der Waals surface area (Å²) in [6.45, 7) is 9.31. The Hall–Kier alpha value is -9.43. The summed E-state index contributed by atoms with van der Waals surface area (Å²) in [4.78, 5) is 16.1. The third kappa shape index (κ3) is 5.68. The molecule has 72 heavy (non-hydrogen) atoms. The highest BCUT2D eigenvalue weighted by Crippen LogP contribution is 2.55. The molecule has 9 aromatic carbocycles. The Labute approximate surface area is 416 Å². The zero-order valence-corrected chi connectivity index (χ0v) is 40.0. The SMILES string of the molecule is CC1(C)c2ccccc2-c2ccc3c(c21)c1ccccc1n3-c1ccc(C#N)cc1-c1nc(-c2ccccc2)nc(-c2cc(C#N)ccc2-n2c3ccccc3c3c4c(ccc32)-c2ccccc2C4(C)C)n1. The maximum absolute atomic E-state index is 10.6. The number of hydrogen-bond donors (Lipinski definition) is 0. The number of benzene rings is 9. The van der Waals surface area contributed by atoms with Crippen LogP contribution in [-0.2, 0) is 10.8 Å². The molecule has 0 unspecified atom stereocenters. The molecule has 0 saturated carbocycles. The molecule has 0 amide bonds. The van der Waals surface area contributed by atoms with Crippen molar-refractivity contribution in [3.63, 3.8) is 0 Å². The second kappa shape index (κ2) is 15.0. The van der Waals surface area contributed by atoms with E-state index in [9.17, 15) is 10.5 Å². The Bertz CT molecular complexity index is 4160. The lowest BCUT2D eigenvalue weighted by Crippen LogP contribution is -2.15. The van der Waals surface area contributed by atoms with Crippen LogP contribution in [0.3, 0.4) is 0 Å². The Morgan fingerprint density at radius 3 is 1.26 bits per heavy atom. The molecule has 2 aliphatic rings. The van der Waals surface area contributed by atoms with Gasteiger partial charge in [0.05, 0.1) is 56.7 Å². The molecule has 0 aliphatic heterocycles. The zero-order valence-electron chi connectivity index (χ0n) is 40.0. The molecule has 7 nitrogen and oxygen atoms in total. The van der Waals surface area contributed by atoms with Gasteiger partial charge in [0.25, 0.3) is 0 Å². The van der Waals surface area contributed by atoms with Gasteiger partial charge in [0.1, 0.15) is 0 Å². The van der Waals surface area contributed by atoms with Crippen LogP contribution in [0.25, 0.3) is 111 Å². The van der Waals surface area contributed by atoms with Gasteiger partial charge in [-0.15, -0.1) is 0 Å². The summed E-state index contributed by atoms with van der Waals surface area (Å²) in [5.41, 5.74) is 18.7. The molecule has 0 N–H and O–H groups in total. The predicted molar refractivity (Wildman–Crippen MR) is 289 cm³/mol. The molecule has 3 aromatic heterocycles. The smallest absolute Gasteiger partial charge is 0.166 e. The first-order valence-corrected chi connectivity index (χ1v) is 24.4. The number of hydrogen-bond acceptors (Lipinski definition) is 5. The van der Waals surface area contributed by atoms with E-state index in [0.29, 0.717) is 39.7 Å². The summed E-state index contributed by atoms with van der Waals surface area (Å²) in [6.07, 6.45) is 0. The fourth-order valence-corrected chi connectivity index (χ4v) is 12.5. The largest absolute Gasteiger partial charge is 0.308 e. The van der Waals surface area contributed by atoms with Crippen molar-refractivity contribution in [1.82, 2.24) is 24.1 Å². The van der Waals surface area contributed by atoms with E-state index in [4.69, 9.17) is 15.0 Å². The quantitative estimate of drug-likeness (QED) is 0.171. The molecule has 12 aromatic rings. The number of para-hydroxylation sites is 2. The Morgan fingerprint density at radius 2 is 0.792 bits per heavy atom. The van der Waals surface area contributed by atoms with Gasteiger partial charge in [-0.05, 0) is 105 Å². The number of nitriles is 2. The molecule has 0 fully saturated rings. The van der Waals surface area contributed by atoms with E-state index in [-0.39, 0.29) is 10.8 Å². The number of nitrogens with zero attached hydrogens (tertiary/aromatic N) is 7. The van der Waals surface area contributed by atoms with Crippen molar-refractivity contribution >= 4 is 43.6 Å². The maximum atomic E-state index is 10.6. The first kappa shape index (κ1) is 41.5. The van der Waals surface area contributed by atoms with E-state index in [1.54, 1.807) is 0 Å². The minimum atomic E-state index is -0.255. The van der Waals surface area contributed by atoms with Crippen LogP contribution < -0.4 is 0 Å². The molecule has 338 valence electrons. The average molecular weight is 922 g/mol. The van der Waals surface area contributed by atoms with Crippen molar-refractivity contribution in [2.45, 2.75) is 38.5 Å². The second-order valence-electron chi connectivity index (χ2n) is 20.2. The summed E-state index contributed by atoms with van der Waals surface area (Å²) < 4.78 is 4.62. The van der Waals surface area contributed by atoms with Gasteiger partial charge in [0.2, 0.25) is 0 Å². The molecule has 14 rings (SSSR count). The fraction of sp³-hybridized carbons (Fsp3) is 0.0923. The average Bonchev–Trinajstić information content (AvgIpc) is 4.10. The normalized spacial score (nSPS) is 13.8. The molecule has 7 heteroatoms. The minimum Gasteiger partial charge on any atom is -0.308 e. The maximum Gasteiger partial charge on any atom is 0.166 e. The van der Waals surface area contributed by atoms with Crippen molar-refractivity contribution in [3.8, 4) is 79.9 Å². The summed E-state index contributed by atoms with van der Waals surface area (Å²) in [6, 6.07) is 70.1.